The monoisotopic (exact) mass is 470 g/mol. The van der Waals surface area contributed by atoms with Crippen LogP contribution in [-0.4, -0.2) is 31.7 Å². The van der Waals surface area contributed by atoms with E-state index in [9.17, 15) is 13.2 Å². The molecular formula is C19H20BrClN2O3S. The topological polar surface area (TPSA) is 66.5 Å². The maximum absolute atomic E-state index is 12.9. The molecule has 0 aromatic heterocycles. The molecule has 1 amide bonds. The van der Waals surface area contributed by atoms with Crippen LogP contribution in [0.4, 0.5) is 5.69 Å². The number of nitrogens with zero attached hydrogens (tertiary/aromatic N) is 1. The second-order valence-electron chi connectivity index (χ2n) is 6.61. The fourth-order valence-electron chi connectivity index (χ4n) is 3.05. The maximum atomic E-state index is 12.9. The first kappa shape index (κ1) is 20.3. The summed E-state index contributed by atoms with van der Waals surface area (Å²) in [6.45, 7) is 2.47. The smallest absolute Gasteiger partial charge is 0.243 e. The van der Waals surface area contributed by atoms with E-state index in [4.69, 9.17) is 11.6 Å². The van der Waals surface area contributed by atoms with Crippen LogP contribution in [0.25, 0.3) is 0 Å². The average Bonchev–Trinajstić information content (AvgIpc) is 2.65. The minimum atomic E-state index is -3.62. The quantitative estimate of drug-likeness (QED) is 0.716. The highest BCUT2D eigenvalue weighted by Crippen LogP contribution is 2.26. The first-order valence-electron chi connectivity index (χ1n) is 8.60. The molecule has 1 fully saturated rings. The summed E-state index contributed by atoms with van der Waals surface area (Å²) in [6, 6.07) is 11.9. The second-order valence-corrected chi connectivity index (χ2v) is 9.87. The van der Waals surface area contributed by atoms with E-state index >= 15 is 0 Å². The van der Waals surface area contributed by atoms with Crippen LogP contribution >= 0.6 is 27.5 Å². The van der Waals surface area contributed by atoms with Crippen molar-refractivity contribution >= 4 is 49.1 Å². The van der Waals surface area contributed by atoms with Crippen molar-refractivity contribution in [2.24, 2.45) is 5.92 Å². The Kier molecular flexibility index (Phi) is 6.25. The van der Waals surface area contributed by atoms with E-state index in [1.54, 1.807) is 36.4 Å². The average molecular weight is 472 g/mol. The highest BCUT2D eigenvalue weighted by Gasteiger charge is 2.33. The summed E-state index contributed by atoms with van der Waals surface area (Å²) in [5.41, 5.74) is 1.54. The van der Waals surface area contributed by atoms with Crippen LogP contribution in [0.2, 0.25) is 5.02 Å². The summed E-state index contributed by atoms with van der Waals surface area (Å²) in [7, 11) is -3.62. The predicted octanol–water partition coefficient (Wildman–Crippen LogP) is 4.45. The molecule has 0 saturated carbocycles. The molecule has 2 aromatic carbocycles. The second kappa shape index (κ2) is 8.31. The van der Waals surface area contributed by atoms with E-state index in [2.05, 4.69) is 21.2 Å². The van der Waals surface area contributed by atoms with Gasteiger partial charge in [-0.3, -0.25) is 4.79 Å². The van der Waals surface area contributed by atoms with E-state index in [1.165, 1.54) is 4.31 Å². The highest BCUT2D eigenvalue weighted by atomic mass is 79.9. The molecule has 0 spiro atoms. The number of anilines is 1. The van der Waals surface area contributed by atoms with Gasteiger partial charge in [-0.1, -0.05) is 33.6 Å². The summed E-state index contributed by atoms with van der Waals surface area (Å²) < 4.78 is 27.9. The van der Waals surface area contributed by atoms with Crippen molar-refractivity contribution in [1.82, 2.24) is 4.31 Å². The van der Waals surface area contributed by atoms with Gasteiger partial charge in [-0.05, 0) is 61.7 Å². The van der Waals surface area contributed by atoms with Crippen LogP contribution < -0.4 is 5.32 Å². The Morgan fingerprint density at radius 2 is 1.93 bits per heavy atom. The minimum absolute atomic E-state index is 0.170. The normalized spacial score (nSPS) is 18.3. The third-order valence-electron chi connectivity index (χ3n) is 4.65. The number of aryl methyl sites for hydroxylation is 1. The molecule has 1 N–H and O–H groups in total. The molecule has 2 aromatic rings. The molecule has 1 heterocycles. The van der Waals surface area contributed by atoms with Crippen molar-refractivity contribution in [2.45, 2.75) is 24.7 Å². The van der Waals surface area contributed by atoms with Gasteiger partial charge in [0.1, 0.15) is 0 Å². The largest absolute Gasteiger partial charge is 0.326 e. The van der Waals surface area contributed by atoms with Crippen molar-refractivity contribution in [3.05, 3.63) is 57.5 Å². The Hall–Kier alpha value is -1.41. The molecule has 144 valence electrons. The molecule has 0 aliphatic carbocycles. The summed E-state index contributed by atoms with van der Waals surface area (Å²) in [5, 5.41) is 3.43. The van der Waals surface area contributed by atoms with Gasteiger partial charge in [-0.2, -0.15) is 4.31 Å². The van der Waals surface area contributed by atoms with E-state index in [-0.39, 0.29) is 17.3 Å². The lowest BCUT2D eigenvalue weighted by atomic mass is 9.98. The summed E-state index contributed by atoms with van der Waals surface area (Å²) in [4.78, 5) is 12.9. The fourth-order valence-corrected chi connectivity index (χ4v) is 5.01. The van der Waals surface area contributed by atoms with Gasteiger partial charge in [0, 0.05) is 28.3 Å². The lowest BCUT2D eigenvalue weighted by Gasteiger charge is -2.31. The first-order valence-corrected chi connectivity index (χ1v) is 11.2. The van der Waals surface area contributed by atoms with Crippen LogP contribution in [0, 0.1) is 12.8 Å². The van der Waals surface area contributed by atoms with Gasteiger partial charge in [0.05, 0.1) is 10.8 Å². The number of carbonyl (C=O) groups excluding carboxylic acids is 1. The van der Waals surface area contributed by atoms with Gasteiger partial charge < -0.3 is 5.32 Å². The van der Waals surface area contributed by atoms with Crippen molar-refractivity contribution < 1.29 is 13.2 Å². The first-order chi connectivity index (χ1) is 12.8. The molecule has 3 rings (SSSR count). The number of sulfonamides is 1. The van der Waals surface area contributed by atoms with Crippen molar-refractivity contribution in [3.63, 3.8) is 0 Å². The SMILES string of the molecule is Cc1ccc(NC(=O)[C@@H]2CCCN(S(=O)(=O)c3ccc(Br)cc3)C2)cc1Cl. The van der Waals surface area contributed by atoms with Crippen LogP contribution in [-0.2, 0) is 14.8 Å². The molecular weight excluding hydrogens is 452 g/mol. The Balaban J connectivity index is 1.72. The molecule has 1 atom stereocenters. The van der Waals surface area contributed by atoms with E-state index in [0.717, 1.165) is 10.0 Å². The maximum Gasteiger partial charge on any atom is 0.243 e. The molecule has 1 saturated heterocycles. The zero-order chi connectivity index (χ0) is 19.6. The summed E-state index contributed by atoms with van der Waals surface area (Å²) >= 11 is 9.41. The Morgan fingerprint density at radius 3 is 2.59 bits per heavy atom. The van der Waals surface area contributed by atoms with E-state index in [0.29, 0.717) is 30.1 Å². The number of rotatable bonds is 4. The number of hydrogen-bond acceptors (Lipinski definition) is 3. The Labute approximate surface area is 172 Å². The van der Waals surface area contributed by atoms with Crippen molar-refractivity contribution in [3.8, 4) is 0 Å². The summed E-state index contributed by atoms with van der Waals surface area (Å²) in [6.07, 6.45) is 1.29. The molecule has 1 aliphatic rings. The van der Waals surface area contributed by atoms with E-state index < -0.39 is 15.9 Å². The number of hydrogen-bond donors (Lipinski definition) is 1. The van der Waals surface area contributed by atoms with Crippen molar-refractivity contribution in [1.29, 1.82) is 0 Å². The minimum Gasteiger partial charge on any atom is -0.326 e. The van der Waals surface area contributed by atoms with Gasteiger partial charge in [-0.15, -0.1) is 0 Å². The van der Waals surface area contributed by atoms with Crippen LogP contribution in [0.3, 0.4) is 0 Å². The van der Waals surface area contributed by atoms with Gasteiger partial charge in [0.15, 0.2) is 0 Å². The summed E-state index contributed by atoms with van der Waals surface area (Å²) in [5.74, 6) is -0.588. The molecule has 0 radical (unpaired) electrons. The number of amides is 1. The molecule has 0 bridgehead atoms. The molecule has 27 heavy (non-hydrogen) atoms. The van der Waals surface area contributed by atoms with E-state index in [1.807, 2.05) is 13.0 Å². The highest BCUT2D eigenvalue weighted by molar-refractivity contribution is 9.10. The number of carbonyl (C=O) groups is 1. The third-order valence-corrected chi connectivity index (χ3v) is 7.46. The number of nitrogens with one attached hydrogen (secondary N) is 1. The van der Waals surface area contributed by atoms with Crippen LogP contribution in [0.5, 0.6) is 0 Å². The standard InChI is InChI=1S/C19H20BrClN2O3S/c1-13-4-7-16(11-18(13)21)22-19(24)14-3-2-10-23(12-14)27(25,26)17-8-5-15(20)6-9-17/h4-9,11,14H,2-3,10,12H2,1H3,(H,22,24)/t14-/m1/s1. The molecule has 8 heteroatoms. The number of benzene rings is 2. The van der Waals surface area contributed by atoms with Gasteiger partial charge in [0.25, 0.3) is 0 Å². The lowest BCUT2D eigenvalue weighted by Crippen LogP contribution is -2.43. The lowest BCUT2D eigenvalue weighted by molar-refractivity contribution is -0.120. The Bertz CT molecular complexity index is 948. The third kappa shape index (κ3) is 4.71. The molecule has 1 aliphatic heterocycles. The zero-order valence-corrected chi connectivity index (χ0v) is 17.9. The Morgan fingerprint density at radius 1 is 1.22 bits per heavy atom. The predicted molar refractivity (Wildman–Crippen MR) is 110 cm³/mol. The number of halogens is 2. The van der Waals surface area contributed by atoms with Gasteiger partial charge >= 0.3 is 0 Å². The van der Waals surface area contributed by atoms with Crippen LogP contribution in [0.15, 0.2) is 51.8 Å². The van der Waals surface area contributed by atoms with Crippen molar-refractivity contribution in [2.75, 3.05) is 18.4 Å². The number of piperidine rings is 1. The van der Waals surface area contributed by atoms with Gasteiger partial charge in [0.2, 0.25) is 15.9 Å². The molecule has 5 nitrogen and oxygen atoms in total. The molecule has 0 unspecified atom stereocenters. The zero-order valence-electron chi connectivity index (χ0n) is 14.8. The van der Waals surface area contributed by atoms with Gasteiger partial charge in [-0.25, -0.2) is 8.42 Å². The fraction of sp³-hybridized carbons (Fsp3) is 0.316. The van der Waals surface area contributed by atoms with Crippen LogP contribution in [0.1, 0.15) is 18.4 Å².